The molecule has 1 aliphatic heterocycles. The molecule has 104 valence electrons. The summed E-state index contributed by atoms with van der Waals surface area (Å²) >= 11 is 0. The molecule has 1 aromatic carbocycles. The standard InChI is InChI=1S/C15H21NO3/c1-15(2,3)19-14(18)16-9-12(13(17)10-16)11-7-5-4-6-8-11/h4-8,12-13,17H,9-10H2,1-3H3/t12-,13-/m0/s1. The molecule has 0 saturated carbocycles. The second-order valence-corrected chi connectivity index (χ2v) is 5.97. The first-order valence-electron chi connectivity index (χ1n) is 6.58. The number of carbonyl (C=O) groups excluding carboxylic acids is 1. The Labute approximate surface area is 114 Å². The molecule has 1 aromatic rings. The first-order valence-corrected chi connectivity index (χ1v) is 6.58. The molecule has 4 nitrogen and oxygen atoms in total. The Bertz CT molecular complexity index is 438. The van der Waals surface area contributed by atoms with Crippen LogP contribution in [-0.4, -0.2) is 40.9 Å². The van der Waals surface area contributed by atoms with Gasteiger partial charge in [0.1, 0.15) is 5.60 Å². The van der Waals surface area contributed by atoms with Crippen molar-refractivity contribution in [3.05, 3.63) is 35.9 Å². The fraction of sp³-hybridized carbons (Fsp3) is 0.533. The summed E-state index contributed by atoms with van der Waals surface area (Å²) in [6, 6.07) is 9.78. The van der Waals surface area contributed by atoms with Crippen molar-refractivity contribution in [2.24, 2.45) is 0 Å². The zero-order valence-electron chi connectivity index (χ0n) is 11.7. The number of likely N-dealkylation sites (tertiary alicyclic amines) is 1. The van der Waals surface area contributed by atoms with Gasteiger partial charge in [0.05, 0.1) is 12.6 Å². The molecule has 1 amide bonds. The number of carbonyl (C=O) groups is 1. The number of ether oxygens (including phenoxy) is 1. The third kappa shape index (κ3) is 3.47. The van der Waals surface area contributed by atoms with Crippen LogP contribution in [0.4, 0.5) is 4.79 Å². The highest BCUT2D eigenvalue weighted by Gasteiger charge is 2.36. The van der Waals surface area contributed by atoms with Gasteiger partial charge in [-0.2, -0.15) is 0 Å². The van der Waals surface area contributed by atoms with Crippen LogP contribution in [0, 0.1) is 0 Å². The fourth-order valence-corrected chi connectivity index (χ4v) is 2.29. The lowest BCUT2D eigenvalue weighted by molar-refractivity contribution is 0.0270. The molecule has 0 unspecified atom stereocenters. The van der Waals surface area contributed by atoms with E-state index in [4.69, 9.17) is 4.74 Å². The van der Waals surface area contributed by atoms with E-state index in [2.05, 4.69) is 0 Å². The SMILES string of the molecule is CC(C)(C)OC(=O)N1C[C@H](O)[C@H](c2ccccc2)C1. The van der Waals surface area contributed by atoms with E-state index >= 15 is 0 Å². The normalized spacial score (nSPS) is 23.5. The highest BCUT2D eigenvalue weighted by molar-refractivity contribution is 5.68. The minimum absolute atomic E-state index is 0.0336. The monoisotopic (exact) mass is 263 g/mol. The third-order valence-electron chi connectivity index (χ3n) is 3.17. The zero-order valence-corrected chi connectivity index (χ0v) is 11.7. The minimum atomic E-state index is -0.532. The predicted molar refractivity (Wildman–Crippen MR) is 73.0 cm³/mol. The molecule has 1 N–H and O–H groups in total. The molecule has 0 aromatic heterocycles. The first kappa shape index (κ1) is 13.9. The molecule has 1 saturated heterocycles. The van der Waals surface area contributed by atoms with E-state index in [1.54, 1.807) is 4.90 Å². The molecule has 0 spiro atoms. The lowest BCUT2D eigenvalue weighted by Gasteiger charge is -2.24. The lowest BCUT2D eigenvalue weighted by Crippen LogP contribution is -2.35. The van der Waals surface area contributed by atoms with Crippen LogP contribution in [0.25, 0.3) is 0 Å². The number of rotatable bonds is 1. The second kappa shape index (κ2) is 5.21. The van der Waals surface area contributed by atoms with Gasteiger partial charge in [0, 0.05) is 12.5 Å². The molecule has 0 bridgehead atoms. The van der Waals surface area contributed by atoms with Crippen molar-refractivity contribution in [2.75, 3.05) is 13.1 Å². The van der Waals surface area contributed by atoms with E-state index in [0.29, 0.717) is 13.1 Å². The molecule has 1 fully saturated rings. The van der Waals surface area contributed by atoms with Crippen LogP contribution < -0.4 is 0 Å². The summed E-state index contributed by atoms with van der Waals surface area (Å²) in [5, 5.41) is 10.1. The van der Waals surface area contributed by atoms with Gasteiger partial charge in [-0.1, -0.05) is 30.3 Å². The van der Waals surface area contributed by atoms with Crippen molar-refractivity contribution >= 4 is 6.09 Å². The molecule has 4 heteroatoms. The maximum absolute atomic E-state index is 12.0. The van der Waals surface area contributed by atoms with Gasteiger partial charge in [0.2, 0.25) is 0 Å². The summed E-state index contributed by atoms with van der Waals surface area (Å²) in [6.07, 6.45) is -0.889. The largest absolute Gasteiger partial charge is 0.444 e. The van der Waals surface area contributed by atoms with Crippen LogP contribution in [0.15, 0.2) is 30.3 Å². The Hall–Kier alpha value is -1.55. The maximum atomic E-state index is 12.0. The number of hydrogen-bond acceptors (Lipinski definition) is 3. The zero-order chi connectivity index (χ0) is 14.0. The number of aliphatic hydroxyl groups is 1. The number of β-amino-alcohol motifs (C(OH)–C–C–N with tert-alkyl or cyclic N) is 1. The van der Waals surface area contributed by atoms with E-state index in [1.165, 1.54) is 0 Å². The van der Waals surface area contributed by atoms with Crippen molar-refractivity contribution in [1.82, 2.24) is 4.90 Å². The van der Waals surface area contributed by atoms with E-state index in [1.807, 2.05) is 51.1 Å². The van der Waals surface area contributed by atoms with Crippen molar-refractivity contribution in [3.8, 4) is 0 Å². The molecule has 1 aliphatic rings. The predicted octanol–water partition coefficient (Wildman–Crippen LogP) is 2.38. The summed E-state index contributed by atoms with van der Waals surface area (Å²) in [4.78, 5) is 13.6. The quantitative estimate of drug-likeness (QED) is 0.846. The molecule has 1 heterocycles. The fourth-order valence-electron chi connectivity index (χ4n) is 2.29. The van der Waals surface area contributed by atoms with Gasteiger partial charge in [-0.3, -0.25) is 0 Å². The van der Waals surface area contributed by atoms with Crippen LogP contribution >= 0.6 is 0 Å². The highest BCUT2D eigenvalue weighted by atomic mass is 16.6. The maximum Gasteiger partial charge on any atom is 0.410 e. The lowest BCUT2D eigenvalue weighted by atomic mass is 9.96. The Morgan fingerprint density at radius 1 is 1.26 bits per heavy atom. The van der Waals surface area contributed by atoms with Crippen molar-refractivity contribution in [2.45, 2.75) is 38.4 Å². The summed E-state index contributed by atoms with van der Waals surface area (Å²) in [7, 11) is 0. The van der Waals surface area contributed by atoms with Gasteiger partial charge in [0.15, 0.2) is 0 Å². The summed E-state index contributed by atoms with van der Waals surface area (Å²) < 4.78 is 5.33. The first-order chi connectivity index (χ1) is 8.87. The average Bonchev–Trinajstić information content (AvgIpc) is 2.70. The van der Waals surface area contributed by atoms with Gasteiger partial charge < -0.3 is 14.7 Å². The van der Waals surface area contributed by atoms with Gasteiger partial charge in [-0.15, -0.1) is 0 Å². The van der Waals surface area contributed by atoms with Crippen molar-refractivity contribution in [1.29, 1.82) is 0 Å². The molecular weight excluding hydrogens is 242 g/mol. The van der Waals surface area contributed by atoms with Crippen LogP contribution in [0.2, 0.25) is 0 Å². The Morgan fingerprint density at radius 2 is 1.89 bits per heavy atom. The Balaban J connectivity index is 2.04. The van der Waals surface area contributed by atoms with Crippen molar-refractivity contribution in [3.63, 3.8) is 0 Å². The van der Waals surface area contributed by atoms with E-state index < -0.39 is 11.7 Å². The van der Waals surface area contributed by atoms with Crippen LogP contribution in [-0.2, 0) is 4.74 Å². The average molecular weight is 263 g/mol. The van der Waals surface area contributed by atoms with Crippen LogP contribution in [0.1, 0.15) is 32.3 Å². The molecule has 2 atom stereocenters. The molecule has 19 heavy (non-hydrogen) atoms. The number of aliphatic hydroxyl groups excluding tert-OH is 1. The minimum Gasteiger partial charge on any atom is -0.444 e. The van der Waals surface area contributed by atoms with Crippen LogP contribution in [0.3, 0.4) is 0 Å². The Kier molecular flexibility index (Phi) is 3.80. The second-order valence-electron chi connectivity index (χ2n) is 5.97. The van der Waals surface area contributed by atoms with E-state index in [9.17, 15) is 9.90 Å². The summed E-state index contributed by atoms with van der Waals surface area (Å²) in [6.45, 7) is 6.35. The molecule has 2 rings (SSSR count). The van der Waals surface area contributed by atoms with Gasteiger partial charge in [0.25, 0.3) is 0 Å². The summed E-state index contributed by atoms with van der Waals surface area (Å²) in [5.41, 5.74) is 0.549. The number of nitrogens with zero attached hydrogens (tertiary/aromatic N) is 1. The van der Waals surface area contributed by atoms with Crippen LogP contribution in [0.5, 0.6) is 0 Å². The topological polar surface area (TPSA) is 49.8 Å². The summed E-state index contributed by atoms with van der Waals surface area (Å²) in [5.74, 6) is -0.0336. The highest BCUT2D eigenvalue weighted by Crippen LogP contribution is 2.28. The number of benzene rings is 1. The third-order valence-corrected chi connectivity index (χ3v) is 3.17. The van der Waals surface area contributed by atoms with E-state index in [-0.39, 0.29) is 12.0 Å². The number of hydrogen-bond donors (Lipinski definition) is 1. The van der Waals surface area contributed by atoms with E-state index in [0.717, 1.165) is 5.56 Å². The van der Waals surface area contributed by atoms with Crippen molar-refractivity contribution < 1.29 is 14.6 Å². The molecular formula is C15H21NO3. The van der Waals surface area contributed by atoms with Gasteiger partial charge in [-0.05, 0) is 26.3 Å². The Morgan fingerprint density at radius 3 is 2.47 bits per heavy atom. The van der Waals surface area contributed by atoms with Gasteiger partial charge in [-0.25, -0.2) is 4.79 Å². The number of amides is 1. The molecule has 0 aliphatic carbocycles. The smallest absolute Gasteiger partial charge is 0.410 e. The van der Waals surface area contributed by atoms with Gasteiger partial charge >= 0.3 is 6.09 Å². The molecule has 0 radical (unpaired) electrons.